The first-order chi connectivity index (χ1) is 8.21. The highest BCUT2D eigenvalue weighted by Gasteiger charge is 2.27. The molecule has 1 rings (SSSR count). The molecule has 0 spiro atoms. The van der Waals surface area contributed by atoms with Gasteiger partial charge in [0.15, 0.2) is 0 Å². The number of benzene rings is 1. The Balaban J connectivity index is 3.15. The second-order valence-electron chi connectivity index (χ2n) is 3.94. The van der Waals surface area contributed by atoms with E-state index in [0.717, 1.165) is 6.26 Å². The summed E-state index contributed by atoms with van der Waals surface area (Å²) in [4.78, 5) is 11.8. The summed E-state index contributed by atoms with van der Waals surface area (Å²) in [5.41, 5.74) is 0.188. The van der Waals surface area contributed by atoms with Crippen LogP contribution in [0, 0.1) is 0 Å². The van der Waals surface area contributed by atoms with E-state index in [4.69, 9.17) is 16.3 Å². The van der Waals surface area contributed by atoms with E-state index in [1.807, 2.05) is 0 Å². The van der Waals surface area contributed by atoms with Crippen LogP contribution in [0.25, 0.3) is 0 Å². The van der Waals surface area contributed by atoms with Crippen molar-refractivity contribution in [1.29, 1.82) is 0 Å². The van der Waals surface area contributed by atoms with Crippen molar-refractivity contribution in [2.75, 3.05) is 10.6 Å². The maximum Gasteiger partial charge on any atom is 0.428 e. The van der Waals surface area contributed by atoms with Gasteiger partial charge in [0.2, 0.25) is 10.0 Å². The molecule has 0 unspecified atom stereocenters. The van der Waals surface area contributed by atoms with E-state index in [-0.39, 0.29) is 5.69 Å². The number of nitrogens with zero attached hydrogens (tertiary/aromatic N) is 1. The summed E-state index contributed by atoms with van der Waals surface area (Å²) in [7, 11) is -3.76. The molecule has 0 aromatic heterocycles. The smallest absolute Gasteiger partial charge is 0.428 e. The molecular weight excluding hydrogens is 278 g/mol. The van der Waals surface area contributed by atoms with E-state index in [1.165, 1.54) is 24.3 Å². The van der Waals surface area contributed by atoms with Gasteiger partial charge in [-0.1, -0.05) is 11.6 Å². The van der Waals surface area contributed by atoms with Crippen molar-refractivity contribution >= 4 is 33.4 Å². The Bertz CT molecular complexity index is 524. The van der Waals surface area contributed by atoms with Crippen LogP contribution in [0.3, 0.4) is 0 Å². The van der Waals surface area contributed by atoms with Gasteiger partial charge in [0, 0.05) is 5.02 Å². The van der Waals surface area contributed by atoms with Crippen LogP contribution in [-0.2, 0) is 14.8 Å². The first kappa shape index (κ1) is 14.8. The minimum absolute atomic E-state index is 0.188. The molecule has 0 aliphatic rings. The summed E-state index contributed by atoms with van der Waals surface area (Å²) < 4.78 is 28.8. The zero-order chi connectivity index (χ0) is 13.9. The maximum absolute atomic E-state index is 11.8. The van der Waals surface area contributed by atoms with Crippen LogP contribution in [0.4, 0.5) is 10.5 Å². The second kappa shape index (κ2) is 5.58. The van der Waals surface area contributed by atoms with Crippen LogP contribution >= 0.6 is 11.6 Å². The number of amides is 1. The number of hydrogen-bond donors (Lipinski definition) is 0. The summed E-state index contributed by atoms with van der Waals surface area (Å²) in [6.07, 6.45) is -0.410. The number of rotatable bonds is 3. The number of hydrogen-bond acceptors (Lipinski definition) is 4. The normalized spacial score (nSPS) is 11.4. The molecule has 5 nitrogen and oxygen atoms in total. The molecule has 0 N–H and O–H groups in total. The molecule has 0 aliphatic carbocycles. The zero-order valence-corrected chi connectivity index (χ0v) is 11.8. The minimum atomic E-state index is -3.76. The molecule has 1 aromatic carbocycles. The van der Waals surface area contributed by atoms with Gasteiger partial charge in [-0.15, -0.1) is 0 Å². The fourth-order valence-corrected chi connectivity index (χ4v) is 2.20. The van der Waals surface area contributed by atoms with E-state index < -0.39 is 22.2 Å². The highest BCUT2D eigenvalue weighted by atomic mass is 35.5. The molecule has 100 valence electrons. The van der Waals surface area contributed by atoms with E-state index >= 15 is 0 Å². The lowest BCUT2D eigenvalue weighted by Crippen LogP contribution is -2.37. The Hall–Kier alpha value is -1.27. The molecular formula is C11H14ClNO4S. The zero-order valence-electron chi connectivity index (χ0n) is 10.3. The predicted octanol–water partition coefficient (Wildman–Crippen LogP) is 2.65. The Morgan fingerprint density at radius 3 is 2.17 bits per heavy atom. The summed E-state index contributed by atoms with van der Waals surface area (Å²) in [5, 5.41) is 0.449. The van der Waals surface area contributed by atoms with Gasteiger partial charge in [-0.25, -0.2) is 13.2 Å². The van der Waals surface area contributed by atoms with E-state index in [1.54, 1.807) is 13.8 Å². The molecule has 0 saturated carbocycles. The molecule has 1 amide bonds. The van der Waals surface area contributed by atoms with Crippen LogP contribution in [0.5, 0.6) is 0 Å². The van der Waals surface area contributed by atoms with Crippen LogP contribution in [0.1, 0.15) is 13.8 Å². The largest absolute Gasteiger partial charge is 0.446 e. The lowest BCUT2D eigenvalue weighted by molar-refractivity contribution is 0.126. The first-order valence-electron chi connectivity index (χ1n) is 5.18. The third-order valence-corrected chi connectivity index (χ3v) is 3.17. The van der Waals surface area contributed by atoms with Crippen LogP contribution in [0.2, 0.25) is 5.02 Å². The summed E-state index contributed by atoms with van der Waals surface area (Å²) >= 11 is 5.71. The minimum Gasteiger partial charge on any atom is -0.446 e. The Labute approximate surface area is 111 Å². The lowest BCUT2D eigenvalue weighted by atomic mass is 10.3. The quantitative estimate of drug-likeness (QED) is 0.859. The van der Waals surface area contributed by atoms with Crippen molar-refractivity contribution in [2.24, 2.45) is 0 Å². The summed E-state index contributed by atoms with van der Waals surface area (Å²) in [5.74, 6) is 0. The highest BCUT2D eigenvalue weighted by Crippen LogP contribution is 2.21. The van der Waals surface area contributed by atoms with Gasteiger partial charge in [0.25, 0.3) is 0 Å². The molecule has 1 aromatic rings. The Kier molecular flexibility index (Phi) is 4.59. The summed E-state index contributed by atoms with van der Waals surface area (Å²) in [6, 6.07) is 5.87. The highest BCUT2D eigenvalue weighted by molar-refractivity contribution is 7.92. The first-order valence-corrected chi connectivity index (χ1v) is 7.41. The van der Waals surface area contributed by atoms with Crippen LogP contribution < -0.4 is 4.31 Å². The number of ether oxygens (including phenoxy) is 1. The Morgan fingerprint density at radius 1 is 1.28 bits per heavy atom. The van der Waals surface area contributed by atoms with Crippen molar-refractivity contribution in [3.63, 3.8) is 0 Å². The average Bonchev–Trinajstić information content (AvgIpc) is 2.18. The monoisotopic (exact) mass is 291 g/mol. The molecule has 0 saturated heterocycles. The van der Waals surface area contributed by atoms with Crippen LogP contribution in [0.15, 0.2) is 24.3 Å². The van der Waals surface area contributed by atoms with Crippen LogP contribution in [-0.4, -0.2) is 26.9 Å². The van der Waals surface area contributed by atoms with Gasteiger partial charge in [0.1, 0.15) is 0 Å². The molecule has 0 atom stereocenters. The van der Waals surface area contributed by atoms with Gasteiger partial charge in [0.05, 0.1) is 18.0 Å². The van der Waals surface area contributed by atoms with Crippen molar-refractivity contribution < 1.29 is 17.9 Å². The maximum atomic E-state index is 11.8. The van der Waals surface area contributed by atoms with Crippen molar-refractivity contribution in [3.8, 4) is 0 Å². The Morgan fingerprint density at radius 2 is 1.78 bits per heavy atom. The fraction of sp³-hybridized carbons (Fsp3) is 0.364. The van der Waals surface area contributed by atoms with Gasteiger partial charge >= 0.3 is 6.09 Å². The standard InChI is InChI=1S/C11H14ClNO4S/c1-8(2)17-11(14)13(18(3,15)16)10-6-4-9(12)5-7-10/h4-8H,1-3H3. The van der Waals surface area contributed by atoms with Gasteiger partial charge < -0.3 is 4.74 Å². The third-order valence-electron chi connectivity index (χ3n) is 1.90. The number of anilines is 1. The molecule has 0 aliphatic heterocycles. The molecule has 7 heteroatoms. The number of carbonyl (C=O) groups excluding carboxylic acids is 1. The van der Waals surface area contributed by atoms with Crippen molar-refractivity contribution in [3.05, 3.63) is 29.3 Å². The van der Waals surface area contributed by atoms with Gasteiger partial charge in [-0.2, -0.15) is 4.31 Å². The molecule has 18 heavy (non-hydrogen) atoms. The number of carbonyl (C=O) groups is 1. The topological polar surface area (TPSA) is 63.7 Å². The van der Waals surface area contributed by atoms with Crippen molar-refractivity contribution in [1.82, 2.24) is 0 Å². The molecule has 0 fully saturated rings. The number of sulfonamides is 1. The third kappa shape index (κ3) is 3.89. The van der Waals surface area contributed by atoms with E-state index in [0.29, 0.717) is 9.33 Å². The number of halogens is 1. The molecule has 0 bridgehead atoms. The van der Waals surface area contributed by atoms with E-state index in [9.17, 15) is 13.2 Å². The molecule has 0 heterocycles. The second-order valence-corrected chi connectivity index (χ2v) is 6.20. The fourth-order valence-electron chi connectivity index (χ4n) is 1.26. The average molecular weight is 292 g/mol. The molecule has 0 radical (unpaired) electrons. The van der Waals surface area contributed by atoms with Gasteiger partial charge in [-0.3, -0.25) is 0 Å². The summed E-state index contributed by atoms with van der Waals surface area (Å²) in [6.45, 7) is 3.28. The SMILES string of the molecule is CC(C)OC(=O)N(c1ccc(Cl)cc1)S(C)(=O)=O. The van der Waals surface area contributed by atoms with Crippen molar-refractivity contribution in [2.45, 2.75) is 20.0 Å². The predicted molar refractivity (Wildman–Crippen MR) is 70.4 cm³/mol. The van der Waals surface area contributed by atoms with E-state index in [2.05, 4.69) is 0 Å². The lowest BCUT2D eigenvalue weighted by Gasteiger charge is -2.21. The van der Waals surface area contributed by atoms with Gasteiger partial charge in [-0.05, 0) is 38.1 Å².